The highest BCUT2D eigenvalue weighted by Gasteiger charge is 2.45. The third kappa shape index (κ3) is 4.67. The number of rotatable bonds is 8. The number of carbonyl (C=O) groups excluding carboxylic acids is 2. The molecule has 1 amide bonds. The molecule has 1 N–H and O–H groups in total. The van der Waals surface area contributed by atoms with Crippen molar-refractivity contribution in [2.24, 2.45) is 0 Å². The first-order chi connectivity index (χ1) is 14.5. The maximum atomic E-state index is 13.0. The average molecular weight is 521 g/mol. The molecular formula is C23H24INO5. The minimum Gasteiger partial charge on any atom is -0.507 e. The second-order valence-corrected chi connectivity index (χ2v) is 8.10. The summed E-state index contributed by atoms with van der Waals surface area (Å²) >= 11 is 2.20. The van der Waals surface area contributed by atoms with E-state index in [-0.39, 0.29) is 11.3 Å². The van der Waals surface area contributed by atoms with Gasteiger partial charge in [0, 0.05) is 29.4 Å². The van der Waals surface area contributed by atoms with Crippen LogP contribution in [0.3, 0.4) is 0 Å². The molecule has 0 aromatic heterocycles. The normalized spacial score (nSPS) is 18.1. The predicted octanol–water partition coefficient (Wildman–Crippen LogP) is 4.15. The Morgan fingerprint density at radius 1 is 1.17 bits per heavy atom. The van der Waals surface area contributed by atoms with Crippen LogP contribution in [0.25, 0.3) is 5.76 Å². The van der Waals surface area contributed by atoms with Crippen molar-refractivity contribution >= 4 is 40.0 Å². The number of hydrogen-bond donors (Lipinski definition) is 1. The molecule has 1 fully saturated rings. The Labute approximate surface area is 189 Å². The Hall–Kier alpha value is -2.39. The molecule has 0 aliphatic carbocycles. The van der Waals surface area contributed by atoms with Crippen LogP contribution in [-0.4, -0.2) is 48.6 Å². The number of Topliss-reactive ketones (excluding diaryl/α,β-unsaturated/α-hetero) is 1. The van der Waals surface area contributed by atoms with Gasteiger partial charge in [0.2, 0.25) is 0 Å². The molecule has 0 spiro atoms. The lowest BCUT2D eigenvalue weighted by Gasteiger charge is -2.25. The van der Waals surface area contributed by atoms with Gasteiger partial charge in [-0.15, -0.1) is 0 Å². The molecule has 1 aliphatic heterocycles. The molecule has 1 heterocycles. The minimum atomic E-state index is -0.685. The largest absolute Gasteiger partial charge is 0.507 e. The second kappa shape index (κ2) is 10.1. The zero-order valence-corrected chi connectivity index (χ0v) is 19.1. The zero-order valence-electron chi connectivity index (χ0n) is 16.9. The molecule has 2 aromatic rings. The number of nitrogens with zero attached hydrogens (tertiary/aromatic N) is 1. The molecule has 0 bridgehead atoms. The molecule has 2 aromatic carbocycles. The Morgan fingerprint density at radius 3 is 2.57 bits per heavy atom. The summed E-state index contributed by atoms with van der Waals surface area (Å²) in [7, 11) is 1.59. The Kier molecular flexibility index (Phi) is 7.49. The van der Waals surface area contributed by atoms with E-state index in [0.29, 0.717) is 37.5 Å². The number of aliphatic hydroxyl groups is 1. The highest BCUT2D eigenvalue weighted by Crippen LogP contribution is 2.39. The van der Waals surface area contributed by atoms with E-state index in [1.54, 1.807) is 31.4 Å². The first-order valence-corrected chi connectivity index (χ1v) is 10.8. The van der Waals surface area contributed by atoms with Crippen LogP contribution in [0.5, 0.6) is 5.75 Å². The fourth-order valence-corrected chi connectivity index (χ4v) is 3.90. The van der Waals surface area contributed by atoms with Crippen LogP contribution in [-0.2, 0) is 14.3 Å². The maximum absolute atomic E-state index is 13.0. The number of ketones is 1. The number of halogens is 1. The van der Waals surface area contributed by atoms with Gasteiger partial charge in [0.05, 0.1) is 18.2 Å². The van der Waals surface area contributed by atoms with E-state index < -0.39 is 17.7 Å². The van der Waals surface area contributed by atoms with Gasteiger partial charge in [-0.3, -0.25) is 9.59 Å². The number of hydrogen-bond acceptors (Lipinski definition) is 5. The molecule has 0 saturated carbocycles. The van der Waals surface area contributed by atoms with Crippen molar-refractivity contribution in [3.05, 3.63) is 68.8 Å². The monoisotopic (exact) mass is 521 g/mol. The fraction of sp³-hybridized carbons (Fsp3) is 0.304. The topological polar surface area (TPSA) is 76.1 Å². The van der Waals surface area contributed by atoms with E-state index in [2.05, 4.69) is 22.6 Å². The van der Waals surface area contributed by atoms with E-state index in [1.807, 2.05) is 31.2 Å². The van der Waals surface area contributed by atoms with Gasteiger partial charge in [-0.25, -0.2) is 0 Å². The van der Waals surface area contributed by atoms with Crippen molar-refractivity contribution < 1.29 is 24.2 Å². The van der Waals surface area contributed by atoms with Crippen LogP contribution in [0.1, 0.15) is 30.5 Å². The molecule has 7 heteroatoms. The summed E-state index contributed by atoms with van der Waals surface area (Å²) < 4.78 is 11.6. The van der Waals surface area contributed by atoms with E-state index >= 15 is 0 Å². The van der Waals surface area contributed by atoms with Crippen LogP contribution in [0.4, 0.5) is 0 Å². The molecule has 0 radical (unpaired) electrons. The lowest BCUT2D eigenvalue weighted by atomic mass is 9.95. The summed E-state index contributed by atoms with van der Waals surface area (Å²) in [5, 5.41) is 11.1. The average Bonchev–Trinajstić information content (AvgIpc) is 2.99. The Balaban J connectivity index is 2.10. The molecule has 3 rings (SSSR count). The van der Waals surface area contributed by atoms with E-state index in [0.717, 1.165) is 9.13 Å². The number of amides is 1. The third-order valence-electron chi connectivity index (χ3n) is 4.89. The smallest absolute Gasteiger partial charge is 0.295 e. The first-order valence-electron chi connectivity index (χ1n) is 9.74. The van der Waals surface area contributed by atoms with Gasteiger partial charge >= 0.3 is 0 Å². The van der Waals surface area contributed by atoms with Crippen molar-refractivity contribution in [1.29, 1.82) is 0 Å². The van der Waals surface area contributed by atoms with Crippen molar-refractivity contribution in [3.63, 3.8) is 0 Å². The zero-order chi connectivity index (χ0) is 21.7. The van der Waals surface area contributed by atoms with Gasteiger partial charge in [0.25, 0.3) is 11.7 Å². The van der Waals surface area contributed by atoms with Crippen molar-refractivity contribution in [2.45, 2.75) is 19.4 Å². The number of methoxy groups -OCH3 is 1. The summed E-state index contributed by atoms with van der Waals surface area (Å²) in [6, 6.07) is 13.8. The molecule has 6 nitrogen and oxygen atoms in total. The summed E-state index contributed by atoms with van der Waals surface area (Å²) in [6.45, 7) is 3.18. The van der Waals surface area contributed by atoms with E-state index in [9.17, 15) is 14.7 Å². The lowest BCUT2D eigenvalue weighted by molar-refractivity contribution is -0.140. The predicted molar refractivity (Wildman–Crippen MR) is 122 cm³/mol. The maximum Gasteiger partial charge on any atom is 0.295 e. The third-order valence-corrected chi connectivity index (χ3v) is 5.61. The highest BCUT2D eigenvalue weighted by molar-refractivity contribution is 14.1. The van der Waals surface area contributed by atoms with E-state index in [4.69, 9.17) is 9.47 Å². The van der Waals surface area contributed by atoms with Crippen molar-refractivity contribution in [2.75, 3.05) is 26.9 Å². The molecule has 158 valence electrons. The Morgan fingerprint density at radius 2 is 1.90 bits per heavy atom. The molecule has 1 unspecified atom stereocenters. The molecule has 1 saturated heterocycles. The van der Waals surface area contributed by atoms with Gasteiger partial charge in [-0.05, 0) is 65.8 Å². The number of carbonyl (C=O) groups is 2. The van der Waals surface area contributed by atoms with Crippen molar-refractivity contribution in [1.82, 2.24) is 4.90 Å². The van der Waals surface area contributed by atoms with Crippen LogP contribution in [0, 0.1) is 3.57 Å². The second-order valence-electron chi connectivity index (χ2n) is 6.85. The SMILES string of the molecule is CCOc1cccc(C(O)=C2C(=O)C(=O)N(CCCOC)C2c2ccc(I)cc2)c1. The van der Waals surface area contributed by atoms with Crippen molar-refractivity contribution in [3.8, 4) is 5.75 Å². The summed E-state index contributed by atoms with van der Waals surface area (Å²) in [5.41, 5.74) is 1.30. The highest BCUT2D eigenvalue weighted by atomic mass is 127. The van der Waals surface area contributed by atoms with E-state index in [1.165, 1.54) is 4.90 Å². The summed E-state index contributed by atoms with van der Waals surface area (Å²) in [4.78, 5) is 27.3. The lowest BCUT2D eigenvalue weighted by Crippen LogP contribution is -2.31. The number of aliphatic hydroxyl groups excluding tert-OH is 1. The number of ether oxygens (including phenoxy) is 2. The van der Waals surface area contributed by atoms with Crippen LogP contribution in [0.15, 0.2) is 54.1 Å². The molecule has 1 aliphatic rings. The number of benzene rings is 2. The summed E-state index contributed by atoms with van der Waals surface area (Å²) in [5.74, 6) is -0.915. The van der Waals surface area contributed by atoms with Gasteiger partial charge in [0.15, 0.2) is 0 Å². The van der Waals surface area contributed by atoms with Crippen LogP contribution >= 0.6 is 22.6 Å². The van der Waals surface area contributed by atoms with Gasteiger partial charge in [-0.2, -0.15) is 0 Å². The van der Waals surface area contributed by atoms with Gasteiger partial charge < -0.3 is 19.5 Å². The fourth-order valence-electron chi connectivity index (χ4n) is 3.54. The first kappa shape index (κ1) is 22.3. The van der Waals surface area contributed by atoms with Gasteiger partial charge in [0.1, 0.15) is 11.5 Å². The van der Waals surface area contributed by atoms with Crippen LogP contribution < -0.4 is 4.74 Å². The Bertz CT molecular complexity index is 954. The van der Waals surface area contributed by atoms with Gasteiger partial charge in [-0.1, -0.05) is 24.3 Å². The molecular weight excluding hydrogens is 497 g/mol. The molecule has 1 atom stereocenters. The quantitative estimate of drug-likeness (QED) is 0.186. The minimum absolute atomic E-state index is 0.0901. The molecule has 30 heavy (non-hydrogen) atoms. The van der Waals surface area contributed by atoms with Crippen LogP contribution in [0.2, 0.25) is 0 Å². The standard InChI is InChI=1S/C23H24INO5/c1-3-30-18-7-4-6-16(14-18)21(26)19-20(15-8-10-17(24)11-9-15)25(12-5-13-29-2)23(28)22(19)27/h4,6-11,14,20,26H,3,5,12-13H2,1-2H3. The summed E-state index contributed by atoms with van der Waals surface area (Å²) in [6.07, 6.45) is 0.588. The number of likely N-dealkylation sites (tertiary alicyclic amines) is 1.